The van der Waals surface area contributed by atoms with Gasteiger partial charge in [-0.2, -0.15) is 0 Å². The molecule has 0 aliphatic heterocycles. The smallest absolute Gasteiger partial charge is 0.179 e. The Hall–Kier alpha value is -1.85. The van der Waals surface area contributed by atoms with E-state index in [0.717, 1.165) is 11.3 Å². The molecule has 1 atom stereocenters. The van der Waals surface area contributed by atoms with Crippen LogP contribution < -0.4 is 9.47 Å². The first-order valence-electron chi connectivity index (χ1n) is 6.41. The summed E-state index contributed by atoms with van der Waals surface area (Å²) in [6, 6.07) is 3.49. The fourth-order valence-electron chi connectivity index (χ4n) is 2.07. The number of aromatic nitrogens is 2. The van der Waals surface area contributed by atoms with Gasteiger partial charge in [0.05, 0.1) is 25.3 Å². The second-order valence-electron chi connectivity index (χ2n) is 4.60. The van der Waals surface area contributed by atoms with Gasteiger partial charge in [-0.3, -0.25) is 0 Å². The van der Waals surface area contributed by atoms with Crippen LogP contribution in [-0.4, -0.2) is 29.3 Å². The number of ether oxygens (including phenoxy) is 2. The van der Waals surface area contributed by atoms with Crippen molar-refractivity contribution in [3.8, 4) is 22.9 Å². The van der Waals surface area contributed by atoms with E-state index in [1.165, 1.54) is 7.11 Å². The molecule has 0 amide bonds. The third-order valence-electron chi connectivity index (χ3n) is 3.16. The van der Waals surface area contributed by atoms with Crippen molar-refractivity contribution in [1.82, 2.24) is 9.97 Å². The van der Waals surface area contributed by atoms with Gasteiger partial charge in [-0.25, -0.2) is 9.97 Å². The molecule has 0 fully saturated rings. The van der Waals surface area contributed by atoms with E-state index in [4.69, 9.17) is 21.1 Å². The molecule has 5 nitrogen and oxygen atoms in total. The Morgan fingerprint density at radius 3 is 2.48 bits per heavy atom. The van der Waals surface area contributed by atoms with Crippen LogP contribution in [0.25, 0.3) is 11.4 Å². The number of rotatable bonds is 4. The number of aliphatic hydroxyl groups excluding tert-OH is 1. The van der Waals surface area contributed by atoms with Crippen molar-refractivity contribution in [2.45, 2.75) is 20.0 Å². The number of aliphatic hydroxyl groups is 1. The minimum absolute atomic E-state index is 0.424. The first kappa shape index (κ1) is 15.5. The maximum atomic E-state index is 9.62. The standard InChI is InChI=1S/C15H17ClN2O3/c1-8-11(9(2)19)7-17-15(18-8)10-5-12(16)14(21-4)13(6-10)20-3/h5-7,9,19H,1-4H3/t9-/m1/s1. The Morgan fingerprint density at radius 2 is 1.95 bits per heavy atom. The second kappa shape index (κ2) is 6.28. The van der Waals surface area contributed by atoms with Crippen LogP contribution >= 0.6 is 11.6 Å². The Bertz CT molecular complexity index is 660. The number of halogens is 1. The summed E-state index contributed by atoms with van der Waals surface area (Å²) in [5.41, 5.74) is 2.14. The molecule has 0 aliphatic carbocycles. The molecule has 1 heterocycles. The average Bonchev–Trinajstić information content (AvgIpc) is 2.45. The Balaban J connectivity index is 2.52. The van der Waals surface area contributed by atoms with E-state index in [2.05, 4.69) is 9.97 Å². The highest BCUT2D eigenvalue weighted by Crippen LogP contribution is 2.38. The summed E-state index contributed by atoms with van der Waals surface area (Å²) in [7, 11) is 3.07. The summed E-state index contributed by atoms with van der Waals surface area (Å²) in [6.07, 6.45) is 1.01. The number of nitrogens with zero attached hydrogens (tertiary/aromatic N) is 2. The lowest BCUT2D eigenvalue weighted by Crippen LogP contribution is -2.01. The van der Waals surface area contributed by atoms with Gasteiger partial charge in [0.25, 0.3) is 0 Å². The monoisotopic (exact) mass is 308 g/mol. The van der Waals surface area contributed by atoms with Crippen molar-refractivity contribution < 1.29 is 14.6 Å². The molecular formula is C15H17ClN2O3. The first-order valence-corrected chi connectivity index (χ1v) is 6.79. The van der Waals surface area contributed by atoms with E-state index in [1.807, 2.05) is 6.92 Å². The SMILES string of the molecule is COc1cc(-c2ncc([C@@H](C)O)c(C)n2)cc(Cl)c1OC. The van der Waals surface area contributed by atoms with E-state index in [0.29, 0.717) is 27.9 Å². The van der Waals surface area contributed by atoms with Gasteiger partial charge in [-0.15, -0.1) is 0 Å². The average molecular weight is 309 g/mol. The Labute approximate surface area is 128 Å². The molecule has 112 valence electrons. The Kier molecular flexibility index (Phi) is 4.65. The predicted molar refractivity (Wildman–Crippen MR) is 81.0 cm³/mol. The van der Waals surface area contributed by atoms with E-state index in [-0.39, 0.29) is 0 Å². The molecule has 0 aliphatic rings. The van der Waals surface area contributed by atoms with Crippen molar-refractivity contribution in [2.75, 3.05) is 14.2 Å². The molecule has 0 saturated heterocycles. The van der Waals surface area contributed by atoms with Gasteiger partial charge in [0, 0.05) is 23.0 Å². The van der Waals surface area contributed by atoms with Crippen LogP contribution in [0.3, 0.4) is 0 Å². The van der Waals surface area contributed by atoms with Gasteiger partial charge in [-0.05, 0) is 26.0 Å². The van der Waals surface area contributed by atoms with Crippen LogP contribution in [0.2, 0.25) is 5.02 Å². The maximum Gasteiger partial charge on any atom is 0.179 e. The summed E-state index contributed by atoms with van der Waals surface area (Å²) in [5.74, 6) is 1.50. The second-order valence-corrected chi connectivity index (χ2v) is 5.01. The third kappa shape index (κ3) is 3.09. The third-order valence-corrected chi connectivity index (χ3v) is 3.44. The summed E-state index contributed by atoms with van der Waals surface area (Å²) in [5, 5.41) is 10.0. The van der Waals surface area contributed by atoms with Crippen molar-refractivity contribution in [3.05, 3.63) is 34.6 Å². The predicted octanol–water partition coefficient (Wildman–Crippen LogP) is 3.18. The zero-order valence-corrected chi connectivity index (χ0v) is 13.1. The highest BCUT2D eigenvalue weighted by atomic mass is 35.5. The molecule has 0 spiro atoms. The van der Waals surface area contributed by atoms with Gasteiger partial charge in [0.2, 0.25) is 0 Å². The van der Waals surface area contributed by atoms with Crippen molar-refractivity contribution in [3.63, 3.8) is 0 Å². The summed E-state index contributed by atoms with van der Waals surface area (Å²) in [6.45, 7) is 3.51. The summed E-state index contributed by atoms with van der Waals surface area (Å²) in [4.78, 5) is 8.69. The molecule has 0 saturated carbocycles. The number of benzene rings is 1. The van der Waals surface area contributed by atoms with Gasteiger partial charge < -0.3 is 14.6 Å². The van der Waals surface area contributed by atoms with E-state index in [1.54, 1.807) is 32.4 Å². The molecule has 2 aromatic rings. The van der Waals surface area contributed by atoms with Gasteiger partial charge in [0.15, 0.2) is 17.3 Å². The maximum absolute atomic E-state index is 9.62. The topological polar surface area (TPSA) is 64.5 Å². The molecule has 1 aromatic heterocycles. The molecule has 6 heteroatoms. The summed E-state index contributed by atoms with van der Waals surface area (Å²) >= 11 is 6.18. The first-order chi connectivity index (χ1) is 9.97. The lowest BCUT2D eigenvalue weighted by Gasteiger charge is -2.12. The molecule has 0 unspecified atom stereocenters. The minimum Gasteiger partial charge on any atom is -0.493 e. The molecule has 0 bridgehead atoms. The number of hydrogen-bond donors (Lipinski definition) is 1. The van der Waals surface area contributed by atoms with E-state index < -0.39 is 6.10 Å². The van der Waals surface area contributed by atoms with Crippen LogP contribution in [-0.2, 0) is 0 Å². The molecular weight excluding hydrogens is 292 g/mol. The molecule has 1 aromatic carbocycles. The fourth-order valence-corrected chi connectivity index (χ4v) is 2.36. The zero-order valence-electron chi connectivity index (χ0n) is 12.3. The van der Waals surface area contributed by atoms with Crippen LogP contribution in [0.15, 0.2) is 18.3 Å². The van der Waals surface area contributed by atoms with Gasteiger partial charge in [0.1, 0.15) is 0 Å². The zero-order chi connectivity index (χ0) is 15.6. The molecule has 21 heavy (non-hydrogen) atoms. The lowest BCUT2D eigenvalue weighted by atomic mass is 10.1. The van der Waals surface area contributed by atoms with Gasteiger partial charge >= 0.3 is 0 Å². The van der Waals surface area contributed by atoms with Crippen molar-refractivity contribution >= 4 is 11.6 Å². The van der Waals surface area contributed by atoms with Gasteiger partial charge in [-0.1, -0.05) is 11.6 Å². The summed E-state index contributed by atoms with van der Waals surface area (Å²) < 4.78 is 10.5. The number of hydrogen-bond acceptors (Lipinski definition) is 5. The normalized spacial score (nSPS) is 12.1. The molecule has 0 radical (unpaired) electrons. The van der Waals surface area contributed by atoms with Crippen LogP contribution in [0.1, 0.15) is 24.3 Å². The highest BCUT2D eigenvalue weighted by Gasteiger charge is 2.15. The highest BCUT2D eigenvalue weighted by molar-refractivity contribution is 6.32. The van der Waals surface area contributed by atoms with E-state index >= 15 is 0 Å². The molecule has 1 N–H and O–H groups in total. The lowest BCUT2D eigenvalue weighted by molar-refractivity contribution is 0.197. The van der Waals surface area contributed by atoms with Crippen molar-refractivity contribution in [1.29, 1.82) is 0 Å². The largest absolute Gasteiger partial charge is 0.493 e. The van der Waals surface area contributed by atoms with Crippen LogP contribution in [0.5, 0.6) is 11.5 Å². The fraction of sp³-hybridized carbons (Fsp3) is 0.333. The quantitative estimate of drug-likeness (QED) is 0.939. The van der Waals surface area contributed by atoms with Crippen LogP contribution in [0.4, 0.5) is 0 Å². The molecule has 2 rings (SSSR count). The van der Waals surface area contributed by atoms with Crippen molar-refractivity contribution in [2.24, 2.45) is 0 Å². The number of aryl methyl sites for hydroxylation is 1. The minimum atomic E-state index is -0.604. The number of methoxy groups -OCH3 is 2. The van der Waals surface area contributed by atoms with Crippen LogP contribution in [0, 0.1) is 6.92 Å². The van der Waals surface area contributed by atoms with E-state index in [9.17, 15) is 5.11 Å². The Morgan fingerprint density at radius 1 is 1.24 bits per heavy atom.